The zero-order valence-corrected chi connectivity index (χ0v) is 11.6. The molecule has 0 spiro atoms. The molecule has 0 aliphatic rings. The summed E-state index contributed by atoms with van der Waals surface area (Å²) in [7, 11) is 0. The third kappa shape index (κ3) is 2.79. The minimum atomic E-state index is -0.553. The minimum Gasteiger partial charge on any atom is -0.418 e. The van der Waals surface area contributed by atoms with Gasteiger partial charge in [0, 0.05) is 5.02 Å². The SMILES string of the molecule is NC(c1ccccc1)c1nnc(-c2ccc(Cl)cc2F)o1. The third-order valence-corrected chi connectivity index (χ3v) is 3.26. The van der Waals surface area contributed by atoms with E-state index in [1.54, 1.807) is 6.07 Å². The van der Waals surface area contributed by atoms with E-state index in [1.165, 1.54) is 12.1 Å². The summed E-state index contributed by atoms with van der Waals surface area (Å²) in [6.07, 6.45) is 0. The van der Waals surface area contributed by atoms with E-state index < -0.39 is 11.9 Å². The van der Waals surface area contributed by atoms with Crippen LogP contribution in [0.5, 0.6) is 0 Å². The molecule has 4 nitrogen and oxygen atoms in total. The van der Waals surface area contributed by atoms with Crippen molar-refractivity contribution in [1.82, 2.24) is 10.2 Å². The first kappa shape index (κ1) is 13.7. The van der Waals surface area contributed by atoms with Crippen LogP contribution in [0.25, 0.3) is 11.5 Å². The zero-order valence-electron chi connectivity index (χ0n) is 10.8. The van der Waals surface area contributed by atoms with Gasteiger partial charge in [-0.15, -0.1) is 10.2 Å². The predicted molar refractivity (Wildman–Crippen MR) is 77.2 cm³/mol. The van der Waals surface area contributed by atoms with E-state index in [0.29, 0.717) is 5.02 Å². The van der Waals surface area contributed by atoms with Crippen molar-refractivity contribution >= 4 is 11.6 Å². The van der Waals surface area contributed by atoms with Crippen molar-refractivity contribution in [2.45, 2.75) is 6.04 Å². The second kappa shape index (κ2) is 5.63. The Morgan fingerprint density at radius 1 is 1.10 bits per heavy atom. The summed E-state index contributed by atoms with van der Waals surface area (Å²) >= 11 is 5.71. The highest BCUT2D eigenvalue weighted by atomic mass is 35.5. The van der Waals surface area contributed by atoms with Gasteiger partial charge in [-0.2, -0.15) is 0 Å². The lowest BCUT2D eigenvalue weighted by Gasteiger charge is -2.06. The standard InChI is InChI=1S/C15H11ClFN3O/c16-10-6-7-11(12(17)8-10)14-19-20-15(21-14)13(18)9-4-2-1-3-5-9/h1-8,13H,18H2. The molecule has 1 aromatic heterocycles. The average Bonchev–Trinajstić information content (AvgIpc) is 2.97. The maximum atomic E-state index is 13.8. The largest absolute Gasteiger partial charge is 0.418 e. The van der Waals surface area contributed by atoms with Crippen molar-refractivity contribution in [3.63, 3.8) is 0 Å². The highest BCUT2D eigenvalue weighted by Gasteiger charge is 2.18. The topological polar surface area (TPSA) is 64.9 Å². The van der Waals surface area contributed by atoms with Gasteiger partial charge in [-0.3, -0.25) is 0 Å². The maximum Gasteiger partial charge on any atom is 0.250 e. The number of hydrogen-bond donors (Lipinski definition) is 1. The van der Waals surface area contributed by atoms with Crippen molar-refractivity contribution in [1.29, 1.82) is 0 Å². The number of nitrogens with zero attached hydrogens (tertiary/aromatic N) is 2. The van der Waals surface area contributed by atoms with Gasteiger partial charge in [0.05, 0.1) is 5.56 Å². The Hall–Kier alpha value is -2.24. The highest BCUT2D eigenvalue weighted by molar-refractivity contribution is 6.30. The average molecular weight is 304 g/mol. The van der Waals surface area contributed by atoms with Crippen LogP contribution >= 0.6 is 11.6 Å². The molecule has 0 fully saturated rings. The van der Waals surface area contributed by atoms with E-state index in [4.69, 9.17) is 21.8 Å². The van der Waals surface area contributed by atoms with Gasteiger partial charge in [0.25, 0.3) is 5.89 Å². The number of aromatic nitrogens is 2. The molecule has 3 rings (SSSR count). The number of hydrogen-bond acceptors (Lipinski definition) is 4. The Balaban J connectivity index is 1.93. The van der Waals surface area contributed by atoms with Crippen molar-refractivity contribution in [2.75, 3.05) is 0 Å². The van der Waals surface area contributed by atoms with E-state index >= 15 is 0 Å². The van der Waals surface area contributed by atoms with Crippen LogP contribution in [0, 0.1) is 5.82 Å². The van der Waals surface area contributed by atoms with Crippen molar-refractivity contribution < 1.29 is 8.81 Å². The fraction of sp³-hybridized carbons (Fsp3) is 0.0667. The molecular weight excluding hydrogens is 293 g/mol. The summed E-state index contributed by atoms with van der Waals surface area (Å²) in [6, 6.07) is 13.0. The Bertz CT molecular complexity index is 761. The van der Waals surface area contributed by atoms with Gasteiger partial charge in [-0.25, -0.2) is 4.39 Å². The van der Waals surface area contributed by atoms with E-state index in [2.05, 4.69) is 10.2 Å². The van der Waals surface area contributed by atoms with Gasteiger partial charge in [-0.1, -0.05) is 41.9 Å². The smallest absolute Gasteiger partial charge is 0.250 e. The predicted octanol–water partition coefficient (Wildman–Crippen LogP) is 3.58. The summed E-state index contributed by atoms with van der Waals surface area (Å²) in [5, 5.41) is 8.04. The van der Waals surface area contributed by atoms with Crippen LogP contribution in [0.3, 0.4) is 0 Å². The molecule has 3 aromatic rings. The molecule has 106 valence electrons. The number of benzene rings is 2. The van der Waals surface area contributed by atoms with Gasteiger partial charge in [0.15, 0.2) is 0 Å². The number of rotatable bonds is 3. The van der Waals surface area contributed by atoms with Gasteiger partial charge in [0.2, 0.25) is 5.89 Å². The number of nitrogens with two attached hydrogens (primary N) is 1. The molecule has 0 aliphatic heterocycles. The van der Waals surface area contributed by atoms with Gasteiger partial charge >= 0.3 is 0 Å². The first-order valence-electron chi connectivity index (χ1n) is 6.24. The quantitative estimate of drug-likeness (QED) is 0.803. The molecule has 6 heteroatoms. The fourth-order valence-corrected chi connectivity index (χ4v) is 2.09. The van der Waals surface area contributed by atoms with Gasteiger partial charge in [0.1, 0.15) is 11.9 Å². The van der Waals surface area contributed by atoms with Crippen molar-refractivity contribution in [3.8, 4) is 11.5 Å². The Kier molecular flexibility index (Phi) is 3.68. The third-order valence-electron chi connectivity index (χ3n) is 3.03. The Labute approximate surface area is 125 Å². The second-order valence-electron chi connectivity index (χ2n) is 4.46. The van der Waals surface area contributed by atoms with Crippen molar-refractivity contribution in [3.05, 3.63) is 70.8 Å². The van der Waals surface area contributed by atoms with Crippen LogP contribution in [-0.2, 0) is 0 Å². The molecule has 21 heavy (non-hydrogen) atoms. The molecule has 0 aliphatic carbocycles. The zero-order chi connectivity index (χ0) is 14.8. The van der Waals surface area contributed by atoms with Gasteiger partial charge < -0.3 is 10.2 Å². The molecule has 0 saturated carbocycles. The van der Waals surface area contributed by atoms with E-state index in [1.807, 2.05) is 30.3 Å². The molecular formula is C15H11ClFN3O. The van der Waals surface area contributed by atoms with Crippen LogP contribution in [0.1, 0.15) is 17.5 Å². The molecule has 1 atom stereocenters. The first-order chi connectivity index (χ1) is 10.1. The Morgan fingerprint density at radius 2 is 1.86 bits per heavy atom. The molecule has 2 aromatic carbocycles. The number of halogens is 2. The van der Waals surface area contributed by atoms with Crippen LogP contribution < -0.4 is 5.73 Å². The van der Waals surface area contributed by atoms with Crippen LogP contribution in [-0.4, -0.2) is 10.2 Å². The van der Waals surface area contributed by atoms with E-state index in [9.17, 15) is 4.39 Å². The Morgan fingerprint density at radius 3 is 2.57 bits per heavy atom. The summed E-state index contributed by atoms with van der Waals surface area (Å²) < 4.78 is 19.3. The summed E-state index contributed by atoms with van der Waals surface area (Å²) in [4.78, 5) is 0. The summed E-state index contributed by atoms with van der Waals surface area (Å²) in [6.45, 7) is 0. The van der Waals surface area contributed by atoms with E-state index in [-0.39, 0.29) is 17.3 Å². The lowest BCUT2D eigenvalue weighted by molar-refractivity contribution is 0.481. The van der Waals surface area contributed by atoms with Crippen molar-refractivity contribution in [2.24, 2.45) is 5.73 Å². The fourth-order valence-electron chi connectivity index (χ4n) is 1.93. The summed E-state index contributed by atoms with van der Waals surface area (Å²) in [5.74, 6) is -0.220. The summed E-state index contributed by atoms with van der Waals surface area (Å²) in [5.41, 5.74) is 7.09. The molecule has 0 amide bonds. The molecule has 2 N–H and O–H groups in total. The molecule has 0 radical (unpaired) electrons. The lowest BCUT2D eigenvalue weighted by Crippen LogP contribution is -2.11. The van der Waals surface area contributed by atoms with E-state index in [0.717, 1.165) is 5.56 Å². The molecule has 1 unspecified atom stereocenters. The molecule has 1 heterocycles. The normalized spacial score (nSPS) is 12.3. The first-order valence-corrected chi connectivity index (χ1v) is 6.62. The maximum absolute atomic E-state index is 13.8. The van der Waals surface area contributed by atoms with Crippen LogP contribution in [0.15, 0.2) is 52.9 Å². The van der Waals surface area contributed by atoms with Gasteiger partial charge in [-0.05, 0) is 23.8 Å². The highest BCUT2D eigenvalue weighted by Crippen LogP contribution is 2.26. The second-order valence-corrected chi connectivity index (χ2v) is 4.89. The van der Waals surface area contributed by atoms with Crippen LogP contribution in [0.2, 0.25) is 5.02 Å². The molecule has 0 saturated heterocycles. The molecule has 0 bridgehead atoms. The monoisotopic (exact) mass is 303 g/mol. The minimum absolute atomic E-state index is 0.0746. The van der Waals surface area contributed by atoms with Crippen LogP contribution in [0.4, 0.5) is 4.39 Å². The lowest BCUT2D eigenvalue weighted by atomic mass is 10.1.